The van der Waals surface area contributed by atoms with E-state index < -0.39 is 6.10 Å². The minimum Gasteiger partial charge on any atom is -0.480 e. The highest BCUT2D eigenvalue weighted by molar-refractivity contribution is 9.10. The Morgan fingerprint density at radius 3 is 2.75 bits per heavy atom. The van der Waals surface area contributed by atoms with E-state index in [1.54, 1.807) is 25.1 Å². The molecule has 20 heavy (non-hydrogen) atoms. The predicted octanol–water partition coefficient (Wildman–Crippen LogP) is 4.32. The van der Waals surface area contributed by atoms with Crippen molar-refractivity contribution < 1.29 is 9.53 Å². The molecule has 1 aliphatic rings. The summed E-state index contributed by atoms with van der Waals surface area (Å²) in [7, 11) is 0. The van der Waals surface area contributed by atoms with Crippen molar-refractivity contribution in [3.8, 4) is 5.75 Å². The van der Waals surface area contributed by atoms with Gasteiger partial charge in [-0.3, -0.25) is 4.79 Å². The lowest BCUT2D eigenvalue weighted by molar-refractivity contribution is -0.128. The number of hydrogen-bond donors (Lipinski definition) is 1. The van der Waals surface area contributed by atoms with Gasteiger partial charge in [0.15, 0.2) is 6.10 Å². The minimum atomic E-state index is -0.519. The molecule has 0 unspecified atom stereocenters. The molecular formula is C15H19BrClNO2. The summed E-state index contributed by atoms with van der Waals surface area (Å²) in [5.41, 5.74) is 0. The van der Waals surface area contributed by atoms with E-state index in [2.05, 4.69) is 21.2 Å². The Morgan fingerprint density at radius 1 is 1.40 bits per heavy atom. The third-order valence-electron chi connectivity index (χ3n) is 3.52. The quantitative estimate of drug-likeness (QED) is 0.868. The Balaban J connectivity index is 1.89. The molecule has 3 nitrogen and oxygen atoms in total. The number of benzene rings is 1. The predicted molar refractivity (Wildman–Crippen MR) is 84.3 cm³/mol. The first-order valence-electron chi connectivity index (χ1n) is 6.98. The van der Waals surface area contributed by atoms with Gasteiger partial charge in [-0.2, -0.15) is 0 Å². The molecule has 1 amide bonds. The summed E-state index contributed by atoms with van der Waals surface area (Å²) in [5.74, 6) is 0.569. The zero-order valence-electron chi connectivity index (χ0n) is 11.5. The monoisotopic (exact) mass is 359 g/mol. The standard InChI is InChI=1S/C15H19BrClNO2/c1-10(15(19)18-12-5-3-2-4-6-12)20-14-8-7-11(17)9-13(14)16/h7-10,12H,2-6H2,1H3,(H,18,19)/t10-/m1/s1. The highest BCUT2D eigenvalue weighted by atomic mass is 79.9. The van der Waals surface area contributed by atoms with Crippen LogP contribution >= 0.6 is 27.5 Å². The molecule has 2 rings (SSSR count). The number of amides is 1. The van der Waals surface area contributed by atoms with Crippen molar-refractivity contribution in [2.45, 2.75) is 51.2 Å². The van der Waals surface area contributed by atoms with Crippen LogP contribution in [0.25, 0.3) is 0 Å². The van der Waals surface area contributed by atoms with Gasteiger partial charge in [-0.25, -0.2) is 0 Å². The summed E-state index contributed by atoms with van der Waals surface area (Å²) in [5, 5.41) is 3.69. The van der Waals surface area contributed by atoms with Gasteiger partial charge in [0.05, 0.1) is 4.47 Å². The fourth-order valence-electron chi connectivity index (χ4n) is 2.38. The van der Waals surface area contributed by atoms with Crippen molar-refractivity contribution in [1.82, 2.24) is 5.32 Å². The van der Waals surface area contributed by atoms with E-state index in [-0.39, 0.29) is 5.91 Å². The number of carbonyl (C=O) groups excluding carboxylic acids is 1. The first-order chi connectivity index (χ1) is 9.56. The normalized spacial score (nSPS) is 17.6. The highest BCUT2D eigenvalue weighted by Gasteiger charge is 2.21. The first-order valence-corrected chi connectivity index (χ1v) is 8.15. The van der Waals surface area contributed by atoms with Crippen LogP contribution in [0.5, 0.6) is 5.75 Å². The van der Waals surface area contributed by atoms with Gasteiger partial charge in [0, 0.05) is 11.1 Å². The van der Waals surface area contributed by atoms with Crippen molar-refractivity contribution in [1.29, 1.82) is 0 Å². The lowest BCUT2D eigenvalue weighted by Gasteiger charge is -2.24. The summed E-state index contributed by atoms with van der Waals surface area (Å²) in [6, 6.07) is 5.56. The molecular weight excluding hydrogens is 342 g/mol. The van der Waals surface area contributed by atoms with Gasteiger partial charge in [0.2, 0.25) is 0 Å². The lowest BCUT2D eigenvalue weighted by atomic mass is 9.95. The maximum absolute atomic E-state index is 12.1. The molecule has 0 spiro atoms. The Morgan fingerprint density at radius 2 is 2.10 bits per heavy atom. The van der Waals surface area contributed by atoms with Crippen molar-refractivity contribution in [2.24, 2.45) is 0 Å². The van der Waals surface area contributed by atoms with Crippen LogP contribution in [0.15, 0.2) is 22.7 Å². The SMILES string of the molecule is C[C@@H](Oc1ccc(Cl)cc1Br)C(=O)NC1CCCCC1. The van der Waals surface area contributed by atoms with E-state index in [9.17, 15) is 4.79 Å². The second kappa shape index (κ2) is 7.32. The van der Waals surface area contributed by atoms with Gasteiger partial charge >= 0.3 is 0 Å². The number of ether oxygens (including phenoxy) is 1. The Bertz CT molecular complexity index is 475. The van der Waals surface area contributed by atoms with Gasteiger partial charge in [-0.15, -0.1) is 0 Å². The molecule has 110 valence electrons. The molecule has 0 aromatic heterocycles. The molecule has 0 aliphatic heterocycles. The van der Waals surface area contributed by atoms with Crippen LogP contribution in [0.3, 0.4) is 0 Å². The molecule has 0 saturated heterocycles. The van der Waals surface area contributed by atoms with E-state index in [1.807, 2.05) is 0 Å². The molecule has 1 aliphatic carbocycles. The van der Waals surface area contributed by atoms with E-state index in [0.29, 0.717) is 16.8 Å². The third-order valence-corrected chi connectivity index (χ3v) is 4.37. The Labute approximate surface area is 133 Å². The lowest BCUT2D eigenvalue weighted by Crippen LogP contribution is -2.43. The molecule has 1 fully saturated rings. The van der Waals surface area contributed by atoms with E-state index in [1.165, 1.54) is 19.3 Å². The number of hydrogen-bond acceptors (Lipinski definition) is 2. The highest BCUT2D eigenvalue weighted by Crippen LogP contribution is 2.28. The zero-order chi connectivity index (χ0) is 14.5. The average Bonchev–Trinajstić information content (AvgIpc) is 2.43. The molecule has 1 saturated carbocycles. The Kier molecular flexibility index (Phi) is 5.73. The van der Waals surface area contributed by atoms with Crippen LogP contribution in [0.1, 0.15) is 39.0 Å². The summed E-state index contributed by atoms with van der Waals surface area (Å²) >= 11 is 9.26. The van der Waals surface area contributed by atoms with E-state index >= 15 is 0 Å². The van der Waals surface area contributed by atoms with Crippen LogP contribution in [-0.4, -0.2) is 18.1 Å². The van der Waals surface area contributed by atoms with E-state index in [0.717, 1.165) is 17.3 Å². The maximum atomic E-state index is 12.1. The van der Waals surface area contributed by atoms with Gasteiger partial charge in [0.1, 0.15) is 5.75 Å². The summed E-state index contributed by atoms with van der Waals surface area (Å²) in [4.78, 5) is 12.1. The summed E-state index contributed by atoms with van der Waals surface area (Å²) < 4.78 is 6.44. The molecule has 1 aromatic carbocycles. The largest absolute Gasteiger partial charge is 0.480 e. The number of nitrogens with one attached hydrogen (secondary N) is 1. The van der Waals surface area contributed by atoms with Crippen molar-refractivity contribution in [3.05, 3.63) is 27.7 Å². The van der Waals surface area contributed by atoms with Gasteiger partial charge in [0.25, 0.3) is 5.91 Å². The smallest absolute Gasteiger partial charge is 0.260 e. The van der Waals surface area contributed by atoms with Crippen LogP contribution in [0, 0.1) is 0 Å². The molecule has 0 bridgehead atoms. The second-order valence-electron chi connectivity index (χ2n) is 5.18. The molecule has 0 heterocycles. The van der Waals surface area contributed by atoms with Gasteiger partial charge in [-0.05, 0) is 53.9 Å². The number of carbonyl (C=O) groups is 1. The second-order valence-corrected chi connectivity index (χ2v) is 6.47. The zero-order valence-corrected chi connectivity index (χ0v) is 13.8. The van der Waals surface area contributed by atoms with Crippen LogP contribution in [0.2, 0.25) is 5.02 Å². The summed E-state index contributed by atoms with van der Waals surface area (Å²) in [6.45, 7) is 1.76. The van der Waals surface area contributed by atoms with Crippen LogP contribution in [0.4, 0.5) is 0 Å². The summed E-state index contributed by atoms with van der Waals surface area (Å²) in [6.07, 6.45) is 5.29. The topological polar surface area (TPSA) is 38.3 Å². The van der Waals surface area contributed by atoms with Crippen LogP contribution in [-0.2, 0) is 4.79 Å². The van der Waals surface area contributed by atoms with Gasteiger partial charge < -0.3 is 10.1 Å². The van der Waals surface area contributed by atoms with Crippen molar-refractivity contribution in [3.63, 3.8) is 0 Å². The number of rotatable bonds is 4. The van der Waals surface area contributed by atoms with E-state index in [4.69, 9.17) is 16.3 Å². The molecule has 1 atom stereocenters. The molecule has 1 N–H and O–H groups in total. The maximum Gasteiger partial charge on any atom is 0.260 e. The van der Waals surface area contributed by atoms with Gasteiger partial charge in [-0.1, -0.05) is 30.9 Å². The van der Waals surface area contributed by atoms with Crippen molar-refractivity contribution >= 4 is 33.4 Å². The fourth-order valence-corrected chi connectivity index (χ4v) is 3.16. The average molecular weight is 361 g/mol. The molecule has 0 radical (unpaired) electrons. The third kappa shape index (κ3) is 4.38. The van der Waals surface area contributed by atoms with Crippen LogP contribution < -0.4 is 10.1 Å². The molecule has 5 heteroatoms. The van der Waals surface area contributed by atoms with Crippen molar-refractivity contribution in [2.75, 3.05) is 0 Å². The minimum absolute atomic E-state index is 0.0567. The molecule has 1 aromatic rings. The first kappa shape index (κ1) is 15.6. The Hall–Kier alpha value is -0.740. The fraction of sp³-hybridized carbons (Fsp3) is 0.533. The number of halogens is 2.